The van der Waals surface area contributed by atoms with Gasteiger partial charge in [0.2, 0.25) is 11.8 Å². The molecule has 0 radical (unpaired) electrons. The zero-order chi connectivity index (χ0) is 24.0. The Labute approximate surface area is 197 Å². The van der Waals surface area contributed by atoms with Crippen molar-refractivity contribution in [1.82, 2.24) is 14.7 Å². The molecule has 0 bridgehead atoms. The van der Waals surface area contributed by atoms with Crippen molar-refractivity contribution in [2.45, 2.75) is 25.8 Å². The van der Waals surface area contributed by atoms with Gasteiger partial charge in [-0.05, 0) is 49.2 Å². The molecule has 0 N–H and O–H groups in total. The summed E-state index contributed by atoms with van der Waals surface area (Å²) in [5.41, 5.74) is 2.98. The van der Waals surface area contributed by atoms with E-state index in [4.69, 9.17) is 4.74 Å². The van der Waals surface area contributed by atoms with Crippen LogP contribution in [0.25, 0.3) is 0 Å². The summed E-state index contributed by atoms with van der Waals surface area (Å²) >= 11 is 0. The zero-order valence-corrected chi connectivity index (χ0v) is 19.5. The number of likely N-dealkylation sites (N-methyl/N-ethyl adjacent to an activating group) is 1. The molecule has 5 rings (SSSR count). The van der Waals surface area contributed by atoms with Crippen molar-refractivity contribution in [2.75, 3.05) is 25.1 Å². The van der Waals surface area contributed by atoms with E-state index in [0.717, 1.165) is 22.5 Å². The van der Waals surface area contributed by atoms with Crippen LogP contribution in [0.15, 0.2) is 54.7 Å². The number of benzene rings is 2. The highest BCUT2D eigenvalue weighted by Gasteiger charge is 2.66. The molecule has 2 heterocycles. The molecule has 8 heteroatoms. The van der Waals surface area contributed by atoms with Crippen LogP contribution in [0.3, 0.4) is 0 Å². The van der Waals surface area contributed by atoms with Gasteiger partial charge in [0.15, 0.2) is 0 Å². The van der Waals surface area contributed by atoms with Gasteiger partial charge in [-0.15, -0.1) is 0 Å². The molecule has 1 aliphatic heterocycles. The number of halogens is 1. The Balaban J connectivity index is 1.35. The van der Waals surface area contributed by atoms with Crippen LogP contribution in [0.5, 0.6) is 5.75 Å². The summed E-state index contributed by atoms with van der Waals surface area (Å²) in [7, 11) is 3.59. The van der Waals surface area contributed by atoms with E-state index in [1.807, 2.05) is 44.4 Å². The number of nitrogens with zero attached hydrogens (tertiary/aromatic N) is 4. The van der Waals surface area contributed by atoms with E-state index in [-0.39, 0.29) is 36.7 Å². The summed E-state index contributed by atoms with van der Waals surface area (Å²) in [6, 6.07) is 13.5. The maximum atomic E-state index is 13.7. The Hall–Kier alpha value is -3.68. The van der Waals surface area contributed by atoms with Gasteiger partial charge in [-0.25, -0.2) is 4.39 Å². The van der Waals surface area contributed by atoms with E-state index in [1.165, 1.54) is 12.1 Å². The first-order valence-corrected chi connectivity index (χ1v) is 11.3. The Morgan fingerprint density at radius 2 is 1.97 bits per heavy atom. The summed E-state index contributed by atoms with van der Waals surface area (Å²) in [4.78, 5) is 30.1. The molecular formula is C26H27FN4O3. The fraction of sp³-hybridized carbons (Fsp3) is 0.346. The third kappa shape index (κ3) is 3.83. The SMILES string of the molecule is Cc1nn(C)cc1CN(C)C(=O)CN1C(=O)[C@@]2(COc3ccc(F)cc3)C[C@H]2c2ccccc21. The second-order valence-electron chi connectivity index (χ2n) is 9.27. The Bertz CT molecular complexity index is 1260. The van der Waals surface area contributed by atoms with E-state index in [2.05, 4.69) is 5.10 Å². The summed E-state index contributed by atoms with van der Waals surface area (Å²) in [6.07, 6.45) is 2.57. The molecule has 2 aromatic carbocycles. The molecule has 176 valence electrons. The number of carbonyl (C=O) groups excluding carboxylic acids is 2. The molecule has 2 atom stereocenters. The molecule has 1 aliphatic carbocycles. The number of amides is 2. The zero-order valence-electron chi connectivity index (χ0n) is 19.5. The smallest absolute Gasteiger partial charge is 0.242 e. The number of aromatic nitrogens is 2. The van der Waals surface area contributed by atoms with Crippen molar-refractivity contribution in [2.24, 2.45) is 12.5 Å². The molecule has 1 fully saturated rings. The third-order valence-electron chi connectivity index (χ3n) is 6.90. The number of rotatable bonds is 7. The van der Waals surface area contributed by atoms with E-state index >= 15 is 0 Å². The van der Waals surface area contributed by atoms with Crippen LogP contribution in [0.4, 0.5) is 10.1 Å². The fourth-order valence-electron chi connectivity index (χ4n) is 4.88. The number of para-hydroxylation sites is 1. The molecule has 2 aliphatic rings. The molecule has 1 saturated carbocycles. The number of anilines is 1. The normalized spacial score (nSPS) is 20.5. The topological polar surface area (TPSA) is 67.7 Å². The minimum atomic E-state index is -0.707. The first-order valence-electron chi connectivity index (χ1n) is 11.3. The summed E-state index contributed by atoms with van der Waals surface area (Å²) in [6.45, 7) is 2.47. The lowest BCUT2D eigenvalue weighted by atomic mass is 9.92. The molecule has 2 amide bonds. The average molecular weight is 463 g/mol. The fourth-order valence-corrected chi connectivity index (χ4v) is 4.88. The van der Waals surface area contributed by atoms with Gasteiger partial charge in [0, 0.05) is 44.0 Å². The van der Waals surface area contributed by atoms with E-state index in [1.54, 1.807) is 33.7 Å². The van der Waals surface area contributed by atoms with E-state index in [0.29, 0.717) is 18.7 Å². The molecule has 0 saturated heterocycles. The predicted octanol–water partition coefficient (Wildman–Crippen LogP) is 3.43. The van der Waals surface area contributed by atoms with Crippen LogP contribution in [0.2, 0.25) is 0 Å². The van der Waals surface area contributed by atoms with Crippen molar-refractivity contribution in [3.8, 4) is 5.75 Å². The monoisotopic (exact) mass is 462 g/mol. The van der Waals surface area contributed by atoms with E-state index in [9.17, 15) is 14.0 Å². The summed E-state index contributed by atoms with van der Waals surface area (Å²) < 4.78 is 20.9. The number of hydrogen-bond acceptors (Lipinski definition) is 4. The Morgan fingerprint density at radius 1 is 1.24 bits per heavy atom. The molecule has 34 heavy (non-hydrogen) atoms. The molecule has 3 aromatic rings. The lowest BCUT2D eigenvalue weighted by molar-refractivity contribution is -0.132. The number of aryl methyl sites for hydroxylation is 2. The minimum absolute atomic E-state index is 0.0450. The van der Waals surface area contributed by atoms with Gasteiger partial charge in [-0.2, -0.15) is 5.10 Å². The van der Waals surface area contributed by atoms with Crippen LogP contribution < -0.4 is 9.64 Å². The highest BCUT2D eigenvalue weighted by atomic mass is 19.1. The van der Waals surface area contributed by atoms with Crippen molar-refractivity contribution in [1.29, 1.82) is 0 Å². The van der Waals surface area contributed by atoms with Gasteiger partial charge in [-0.3, -0.25) is 14.3 Å². The van der Waals surface area contributed by atoms with Crippen LogP contribution >= 0.6 is 0 Å². The molecule has 7 nitrogen and oxygen atoms in total. The van der Waals surface area contributed by atoms with Crippen LogP contribution in [-0.2, 0) is 23.2 Å². The number of hydrogen-bond donors (Lipinski definition) is 0. The quantitative estimate of drug-likeness (QED) is 0.540. The van der Waals surface area contributed by atoms with Gasteiger partial charge in [0.25, 0.3) is 0 Å². The lowest BCUT2D eigenvalue weighted by Crippen LogP contribution is -2.48. The maximum Gasteiger partial charge on any atom is 0.242 e. The standard InChI is InChI=1S/C26H27FN4O3/c1-17-18(14-30(3)28-17)13-29(2)24(32)15-31-23-7-5-4-6-21(23)22-12-26(22,25(31)33)16-34-20-10-8-19(27)9-11-20/h4-11,14,22H,12-13,15-16H2,1-3H3/t22-,26+/m0/s1. The van der Waals surface area contributed by atoms with Crippen LogP contribution in [0, 0.1) is 18.2 Å². The first-order chi connectivity index (χ1) is 16.3. The Morgan fingerprint density at radius 3 is 2.68 bits per heavy atom. The largest absolute Gasteiger partial charge is 0.492 e. The van der Waals surface area contributed by atoms with Gasteiger partial charge in [0.05, 0.1) is 11.1 Å². The van der Waals surface area contributed by atoms with Gasteiger partial charge in [-0.1, -0.05) is 18.2 Å². The summed E-state index contributed by atoms with van der Waals surface area (Å²) in [5.74, 6) is -0.0217. The average Bonchev–Trinajstić information content (AvgIpc) is 3.49. The molecule has 0 spiro atoms. The first kappa shape index (κ1) is 22.1. The molecule has 0 unspecified atom stereocenters. The van der Waals surface area contributed by atoms with Crippen LogP contribution in [-0.4, -0.2) is 46.7 Å². The van der Waals surface area contributed by atoms with Gasteiger partial charge >= 0.3 is 0 Å². The highest BCUT2D eigenvalue weighted by Crippen LogP contribution is 2.65. The molecular weight excluding hydrogens is 435 g/mol. The van der Waals surface area contributed by atoms with E-state index < -0.39 is 5.41 Å². The van der Waals surface area contributed by atoms with Crippen LogP contribution in [0.1, 0.15) is 29.2 Å². The number of fused-ring (bicyclic) bond motifs is 3. The lowest BCUT2D eigenvalue weighted by Gasteiger charge is -2.34. The molecule has 1 aromatic heterocycles. The predicted molar refractivity (Wildman–Crippen MR) is 125 cm³/mol. The second kappa shape index (κ2) is 8.27. The van der Waals surface area contributed by atoms with Crippen molar-refractivity contribution < 1.29 is 18.7 Å². The second-order valence-corrected chi connectivity index (χ2v) is 9.27. The maximum absolute atomic E-state index is 13.7. The van der Waals surface area contributed by atoms with Gasteiger partial charge < -0.3 is 14.5 Å². The van der Waals surface area contributed by atoms with Gasteiger partial charge in [0.1, 0.15) is 24.7 Å². The highest BCUT2D eigenvalue weighted by molar-refractivity contribution is 6.07. The third-order valence-corrected chi connectivity index (χ3v) is 6.90. The number of carbonyl (C=O) groups is 2. The van der Waals surface area contributed by atoms with Crippen molar-refractivity contribution in [3.63, 3.8) is 0 Å². The number of ether oxygens (including phenoxy) is 1. The van der Waals surface area contributed by atoms with Crippen molar-refractivity contribution in [3.05, 3.63) is 77.4 Å². The Kier molecular flexibility index (Phi) is 5.38. The minimum Gasteiger partial charge on any atom is -0.492 e. The van der Waals surface area contributed by atoms with Crippen molar-refractivity contribution >= 4 is 17.5 Å². The summed E-state index contributed by atoms with van der Waals surface area (Å²) in [5, 5.41) is 4.34.